The van der Waals surface area contributed by atoms with Crippen LogP contribution in [0.4, 0.5) is 0 Å². The summed E-state index contributed by atoms with van der Waals surface area (Å²) in [4.78, 5) is 115. The van der Waals surface area contributed by atoms with E-state index in [0.29, 0.717) is 23.5 Å². The van der Waals surface area contributed by atoms with Crippen molar-refractivity contribution in [2.24, 2.45) is 11.7 Å². The molecule has 486 valence electrons. The number of hydrogen-bond donors (Lipinski definition) is 14. The number of carbonyl (C=O) groups is 8. The summed E-state index contributed by atoms with van der Waals surface area (Å²) in [6.07, 6.45) is -12.1. The molecule has 31 nitrogen and oxygen atoms in total. The van der Waals surface area contributed by atoms with Crippen molar-refractivity contribution in [2.75, 3.05) is 26.2 Å². The molecule has 0 bridgehead atoms. The molecule has 0 aliphatic carbocycles. The highest BCUT2D eigenvalue weighted by Crippen LogP contribution is 2.33. The Labute approximate surface area is 522 Å². The molecule has 13 unspecified atom stereocenters. The zero-order chi connectivity index (χ0) is 65.8. The Morgan fingerprint density at radius 3 is 2.00 bits per heavy atom. The van der Waals surface area contributed by atoms with Gasteiger partial charge in [-0.15, -0.1) is 10.2 Å². The highest BCUT2D eigenvalue weighted by Gasteiger charge is 2.50. The fourth-order valence-corrected chi connectivity index (χ4v) is 10.8. The van der Waals surface area contributed by atoms with E-state index < -0.39 is 177 Å². The standard InChI is InChI=1S/C59H68N10O21S/c1-4-19-86-38-16-14-32(15-17-38)31-6-10-34(11-7-31)56-66-67-57(87-56)35-12-8-33(9-13-35)51(78)62-39-22-36(71)25-61-55(82)49-50(77)28(2)26-69(49)59(84)48(43(75)24-45(60)76)65-54(81)47(42(74)20-30-5-18-41(73)44(21-30)88-91-90-89-85)64-53(80)40-23-37(72)27-68(40)58(83)46(29(3)70)63-52(39)79/h4-18,21,28-29,36-37,39-40,42-43,46-50,70-75,77,85H,1,19-20,22-27H2,2-3H3,(H2,60,76)(H,61,82)(H,62,78)(H,63,79)(H,64,80)(H,65,81). The van der Waals surface area contributed by atoms with Crippen LogP contribution in [0.2, 0.25) is 0 Å². The van der Waals surface area contributed by atoms with Gasteiger partial charge < -0.3 is 91.2 Å². The molecule has 0 saturated carbocycles. The number of phenolic OH excluding ortho intramolecular Hbond substituents is 1. The molecule has 3 aliphatic heterocycles. The number of benzene rings is 4. The van der Waals surface area contributed by atoms with Gasteiger partial charge in [0.05, 0.1) is 43.0 Å². The van der Waals surface area contributed by atoms with Gasteiger partial charge in [-0.2, -0.15) is 0 Å². The zero-order valence-corrected chi connectivity index (χ0v) is 49.6. The predicted octanol–water partition coefficient (Wildman–Crippen LogP) is -1.47. The second kappa shape index (κ2) is 30.6. The summed E-state index contributed by atoms with van der Waals surface area (Å²) < 4.78 is 20.8. The number of fused-ring (bicyclic) bond motifs is 2. The number of aliphatic hydroxyl groups is 6. The summed E-state index contributed by atoms with van der Waals surface area (Å²) in [5.41, 5.74) is 8.28. The van der Waals surface area contributed by atoms with Crippen molar-refractivity contribution in [2.45, 2.75) is 112 Å². The Hall–Kier alpha value is -9.09. The van der Waals surface area contributed by atoms with E-state index in [-0.39, 0.29) is 41.0 Å². The van der Waals surface area contributed by atoms with E-state index >= 15 is 0 Å². The zero-order valence-electron chi connectivity index (χ0n) is 48.8. The van der Waals surface area contributed by atoms with E-state index in [4.69, 9.17) is 24.3 Å². The number of rotatable bonds is 19. The van der Waals surface area contributed by atoms with Crippen molar-refractivity contribution >= 4 is 59.6 Å². The number of aromatic hydroxyl groups is 1. The van der Waals surface area contributed by atoms with Gasteiger partial charge in [0.25, 0.3) is 18.2 Å². The van der Waals surface area contributed by atoms with Crippen LogP contribution in [-0.4, -0.2) is 207 Å². The van der Waals surface area contributed by atoms with E-state index in [0.717, 1.165) is 40.0 Å². The third kappa shape index (κ3) is 16.9. The van der Waals surface area contributed by atoms with E-state index in [1.54, 1.807) is 18.2 Å². The quantitative estimate of drug-likeness (QED) is 0.0147. The van der Waals surface area contributed by atoms with E-state index in [1.165, 1.54) is 37.3 Å². The molecule has 8 amide bonds. The molecule has 91 heavy (non-hydrogen) atoms. The van der Waals surface area contributed by atoms with Crippen molar-refractivity contribution in [1.29, 1.82) is 0 Å². The maximum Gasteiger partial charge on any atom is 0.261 e. The van der Waals surface area contributed by atoms with E-state index in [1.807, 2.05) is 36.4 Å². The van der Waals surface area contributed by atoms with Gasteiger partial charge in [-0.1, -0.05) is 59.3 Å². The van der Waals surface area contributed by atoms with Gasteiger partial charge in [-0.25, -0.2) is 5.26 Å². The summed E-state index contributed by atoms with van der Waals surface area (Å²) in [6.45, 7) is 4.83. The lowest BCUT2D eigenvalue weighted by atomic mass is 9.98. The van der Waals surface area contributed by atoms with Crippen molar-refractivity contribution in [1.82, 2.24) is 46.6 Å². The van der Waals surface area contributed by atoms with Crippen molar-refractivity contribution in [3.05, 3.63) is 115 Å². The van der Waals surface area contributed by atoms with Crippen LogP contribution < -0.4 is 41.2 Å². The topological polar surface area (TPSA) is 467 Å². The minimum Gasteiger partial charge on any atom is -0.504 e. The second-order valence-electron chi connectivity index (χ2n) is 22.0. The Morgan fingerprint density at radius 1 is 0.769 bits per heavy atom. The number of aromatic nitrogens is 2. The van der Waals surface area contributed by atoms with Crippen LogP contribution in [0.1, 0.15) is 49.0 Å². The smallest absolute Gasteiger partial charge is 0.261 e. The maximum absolute atomic E-state index is 14.7. The highest BCUT2D eigenvalue weighted by atomic mass is 32.2. The lowest BCUT2D eigenvalue weighted by Gasteiger charge is -2.33. The van der Waals surface area contributed by atoms with Crippen LogP contribution in [0.25, 0.3) is 34.0 Å². The largest absolute Gasteiger partial charge is 0.504 e. The number of β-amino-alcohol motifs (C(OH)–C–C–N with tert-alkyl or cyclic N) is 1. The van der Waals surface area contributed by atoms with Gasteiger partial charge in [-0.3, -0.25) is 38.4 Å². The van der Waals surface area contributed by atoms with Crippen LogP contribution in [-0.2, 0) is 49.4 Å². The monoisotopic (exact) mass is 1280 g/mol. The number of amides is 8. The van der Waals surface area contributed by atoms with Crippen LogP contribution in [0.15, 0.2) is 108 Å². The molecule has 4 heterocycles. The summed E-state index contributed by atoms with van der Waals surface area (Å²) in [5, 5.41) is 111. The van der Waals surface area contributed by atoms with Crippen molar-refractivity contribution < 1.29 is 102 Å². The van der Waals surface area contributed by atoms with E-state index in [2.05, 4.69) is 52.7 Å². The van der Waals surface area contributed by atoms with Crippen molar-refractivity contribution in [3.8, 4) is 51.3 Å². The third-order valence-corrected chi connectivity index (χ3v) is 15.7. The molecule has 1 aromatic heterocycles. The molecule has 5 aromatic rings. The Bertz CT molecular complexity index is 3430. The first kappa shape index (κ1) is 67.8. The van der Waals surface area contributed by atoms with Gasteiger partial charge in [0.15, 0.2) is 11.5 Å². The van der Waals surface area contributed by atoms with Gasteiger partial charge in [-0.05, 0) is 84.3 Å². The summed E-state index contributed by atoms with van der Waals surface area (Å²) in [5.74, 6) is -10.3. The molecule has 0 radical (unpaired) electrons. The lowest BCUT2D eigenvalue weighted by Crippen LogP contribution is -2.64. The summed E-state index contributed by atoms with van der Waals surface area (Å²) in [7, 11) is 0. The summed E-state index contributed by atoms with van der Waals surface area (Å²) >= 11 is 0.0522. The molecular formula is C59H68N10O21S. The fraction of sp³-hybridized carbons (Fsp3) is 0.390. The van der Waals surface area contributed by atoms with Crippen LogP contribution in [0.3, 0.4) is 0 Å². The Morgan fingerprint density at radius 2 is 1.37 bits per heavy atom. The lowest BCUT2D eigenvalue weighted by molar-refractivity contribution is -0.433. The number of nitrogens with two attached hydrogens (primary N) is 1. The average Bonchev–Trinajstić information content (AvgIpc) is 1.72. The Kier molecular flexibility index (Phi) is 22.8. The summed E-state index contributed by atoms with van der Waals surface area (Å²) in [6, 6.07) is 12.3. The second-order valence-corrected chi connectivity index (χ2v) is 22.4. The van der Waals surface area contributed by atoms with E-state index in [9.17, 15) is 74.1 Å². The molecular weight excluding hydrogens is 1220 g/mol. The van der Waals surface area contributed by atoms with Crippen LogP contribution in [0.5, 0.6) is 17.2 Å². The number of nitrogens with zero attached hydrogens (tertiary/aromatic N) is 4. The number of phenols is 1. The molecule has 3 aliphatic rings. The number of nitrogens with one attached hydrogen (secondary N) is 5. The van der Waals surface area contributed by atoms with Gasteiger partial charge in [0.1, 0.15) is 48.6 Å². The fourth-order valence-electron chi connectivity index (χ4n) is 10.6. The molecule has 8 rings (SSSR count). The first-order valence-electron chi connectivity index (χ1n) is 28.4. The maximum atomic E-state index is 14.7. The number of aliphatic hydroxyl groups excluding tert-OH is 6. The molecule has 3 saturated heterocycles. The first-order valence-corrected chi connectivity index (χ1v) is 29.1. The van der Waals surface area contributed by atoms with Crippen LogP contribution in [0, 0.1) is 5.92 Å². The highest BCUT2D eigenvalue weighted by molar-refractivity contribution is 7.90. The molecule has 13 atom stereocenters. The SMILES string of the molecule is C=CCOc1ccc(-c2ccc(-c3nnc(-c4ccc(C(=O)NC5CC(O)CNC(=O)C6C(O)C(C)CN6C(=O)C(C(O)CC(N)=O)NC(=O)C(C(O)Cc6ccc(O)c(OSOOO)c6)NC(=O)C6CC(O)CN6C(=O)C(C(C)O)NC5=O)cc4)o3)cc2)cc1. The molecule has 3 fully saturated rings. The number of ether oxygens (including phenoxy) is 1. The Balaban J connectivity index is 1.07. The minimum absolute atomic E-state index is 0.0500. The van der Waals surface area contributed by atoms with Gasteiger partial charge >= 0.3 is 0 Å². The average molecular weight is 1290 g/mol. The number of carbonyl (C=O) groups excluding carboxylic acids is 8. The first-order chi connectivity index (χ1) is 43.4. The van der Waals surface area contributed by atoms with Crippen LogP contribution >= 0.6 is 12.3 Å². The molecule has 32 heteroatoms. The molecule has 0 spiro atoms. The van der Waals surface area contributed by atoms with Crippen molar-refractivity contribution in [3.63, 3.8) is 0 Å². The van der Waals surface area contributed by atoms with Gasteiger partial charge in [0.2, 0.25) is 53.1 Å². The number of primary amides is 1. The number of hydrogen-bond acceptors (Lipinski definition) is 24. The molecule has 4 aromatic carbocycles. The predicted molar refractivity (Wildman–Crippen MR) is 316 cm³/mol. The minimum atomic E-state index is -2.23. The normalized spacial score (nSPS) is 24.7. The molecule has 15 N–H and O–H groups in total. The van der Waals surface area contributed by atoms with Gasteiger partial charge in [0, 0.05) is 61.5 Å². The third-order valence-electron chi connectivity index (χ3n) is 15.3.